The van der Waals surface area contributed by atoms with Gasteiger partial charge in [0, 0.05) is 25.0 Å². The molecule has 2 amide bonds. The Bertz CT molecular complexity index is 1200. The molecule has 8 heteroatoms. The molecule has 0 aliphatic rings. The molecule has 2 aromatic carbocycles. The molecule has 204 valence electrons. The molecule has 0 aliphatic heterocycles. The normalized spacial score (nSPS) is 12.6. The van der Waals surface area contributed by atoms with E-state index in [1.807, 2.05) is 84.9 Å². The van der Waals surface area contributed by atoms with Gasteiger partial charge in [0.05, 0.1) is 11.9 Å². The minimum Gasteiger partial charge on any atom is -0.350 e. The summed E-state index contributed by atoms with van der Waals surface area (Å²) in [5, 5.41) is 3.01. The van der Waals surface area contributed by atoms with Crippen molar-refractivity contribution in [1.29, 1.82) is 0 Å². The predicted octanol–water partition coefficient (Wildman–Crippen LogP) is 4.88. The van der Waals surface area contributed by atoms with E-state index in [4.69, 9.17) is 0 Å². The Kier molecular flexibility index (Phi) is 10.3. The number of nitrogens with one attached hydrogen (secondary N) is 1. The molecule has 0 unspecified atom stereocenters. The van der Waals surface area contributed by atoms with Crippen molar-refractivity contribution in [1.82, 2.24) is 10.2 Å². The Balaban J connectivity index is 2.29. The molecule has 7 nitrogen and oxygen atoms in total. The zero-order valence-electron chi connectivity index (χ0n) is 23.6. The van der Waals surface area contributed by atoms with Crippen LogP contribution >= 0.6 is 0 Å². The molecule has 0 fully saturated rings. The first-order valence-electron chi connectivity index (χ1n) is 12.9. The molecule has 0 aromatic heterocycles. The number of amides is 2. The first-order chi connectivity index (χ1) is 17.2. The van der Waals surface area contributed by atoms with Crippen molar-refractivity contribution in [2.24, 2.45) is 0 Å². The fourth-order valence-corrected chi connectivity index (χ4v) is 5.35. The zero-order chi connectivity index (χ0) is 28.0. The second-order valence-corrected chi connectivity index (χ2v) is 12.7. The minimum atomic E-state index is -3.54. The van der Waals surface area contributed by atoms with Crippen LogP contribution < -0.4 is 9.62 Å². The summed E-state index contributed by atoms with van der Waals surface area (Å²) in [6.45, 7) is 14.0. The number of carbonyl (C=O) groups excluding carboxylic acids is 2. The summed E-state index contributed by atoms with van der Waals surface area (Å²) < 4.78 is 26.6. The smallest absolute Gasteiger partial charge is 0.243 e. The number of hydrogen-bond donors (Lipinski definition) is 1. The maximum Gasteiger partial charge on any atom is 0.243 e. The van der Waals surface area contributed by atoms with Crippen molar-refractivity contribution in [2.75, 3.05) is 17.1 Å². The van der Waals surface area contributed by atoms with E-state index in [9.17, 15) is 18.0 Å². The van der Waals surface area contributed by atoms with Crippen molar-refractivity contribution in [3.05, 3.63) is 64.7 Å². The SMILES string of the molecule is CC[C@@H](C(=O)NC(C)(C)C)N(Cc1ccccc1C)C(=O)CCCN(c1cccc(C)c1C)S(C)(=O)=O. The maximum atomic E-state index is 13.6. The largest absolute Gasteiger partial charge is 0.350 e. The standard InChI is InChI=1S/C29H43N3O4S/c1-9-25(28(34)30-29(5,6)7)31(20-24-16-11-10-14-22(24)3)27(33)18-13-19-32(37(8,35)36)26-17-12-15-21(2)23(26)4/h10-12,14-17,25H,9,13,18-20H2,1-8H3,(H,30,34)/t25-/m0/s1. The maximum absolute atomic E-state index is 13.6. The van der Waals surface area contributed by atoms with Gasteiger partial charge in [-0.15, -0.1) is 0 Å². The summed E-state index contributed by atoms with van der Waals surface area (Å²) >= 11 is 0. The third-order valence-corrected chi connectivity index (χ3v) is 7.66. The van der Waals surface area contributed by atoms with E-state index in [2.05, 4.69) is 5.32 Å². The van der Waals surface area contributed by atoms with Gasteiger partial charge < -0.3 is 10.2 Å². The monoisotopic (exact) mass is 529 g/mol. The fraction of sp³-hybridized carbons (Fsp3) is 0.517. The topological polar surface area (TPSA) is 86.8 Å². The second kappa shape index (κ2) is 12.6. The highest BCUT2D eigenvalue weighted by Gasteiger charge is 2.31. The number of benzene rings is 2. The summed E-state index contributed by atoms with van der Waals surface area (Å²) in [6.07, 6.45) is 2.12. The summed E-state index contributed by atoms with van der Waals surface area (Å²) in [5.41, 5.74) is 4.12. The number of hydrogen-bond acceptors (Lipinski definition) is 4. The Morgan fingerprint density at radius 3 is 2.16 bits per heavy atom. The molecule has 2 rings (SSSR count). The molecule has 0 saturated heterocycles. The highest BCUT2D eigenvalue weighted by atomic mass is 32.2. The van der Waals surface area contributed by atoms with Gasteiger partial charge in [-0.05, 0) is 82.7 Å². The summed E-state index contributed by atoms with van der Waals surface area (Å²) in [6, 6.07) is 12.8. The average molecular weight is 530 g/mol. The van der Waals surface area contributed by atoms with Crippen molar-refractivity contribution in [3.8, 4) is 0 Å². The van der Waals surface area contributed by atoms with Gasteiger partial charge in [-0.2, -0.15) is 0 Å². The van der Waals surface area contributed by atoms with Crippen LogP contribution in [0, 0.1) is 20.8 Å². The van der Waals surface area contributed by atoms with Crippen LogP contribution in [-0.2, 0) is 26.2 Å². The third kappa shape index (κ3) is 8.59. The molecule has 0 aliphatic carbocycles. The summed E-state index contributed by atoms with van der Waals surface area (Å²) in [5.74, 6) is -0.362. The van der Waals surface area contributed by atoms with Crippen LogP contribution in [0.15, 0.2) is 42.5 Å². The lowest BCUT2D eigenvalue weighted by atomic mass is 10.0. The van der Waals surface area contributed by atoms with E-state index >= 15 is 0 Å². The molecule has 37 heavy (non-hydrogen) atoms. The lowest BCUT2D eigenvalue weighted by molar-refractivity contribution is -0.142. The highest BCUT2D eigenvalue weighted by Crippen LogP contribution is 2.26. The van der Waals surface area contributed by atoms with E-state index in [1.54, 1.807) is 11.0 Å². The van der Waals surface area contributed by atoms with Gasteiger partial charge in [0.25, 0.3) is 0 Å². The number of nitrogens with zero attached hydrogens (tertiary/aromatic N) is 2. The van der Waals surface area contributed by atoms with Crippen LogP contribution in [0.1, 0.15) is 69.2 Å². The third-order valence-electron chi connectivity index (χ3n) is 6.48. The number of aryl methyl sites for hydroxylation is 2. The van der Waals surface area contributed by atoms with Crippen molar-refractivity contribution >= 4 is 27.5 Å². The number of carbonyl (C=O) groups is 2. The molecule has 0 heterocycles. The second-order valence-electron chi connectivity index (χ2n) is 10.8. The van der Waals surface area contributed by atoms with Gasteiger partial charge in [0.1, 0.15) is 6.04 Å². The molecule has 1 N–H and O–H groups in total. The van der Waals surface area contributed by atoms with Gasteiger partial charge >= 0.3 is 0 Å². The van der Waals surface area contributed by atoms with E-state index in [0.29, 0.717) is 25.1 Å². The molecular weight excluding hydrogens is 486 g/mol. The molecule has 0 radical (unpaired) electrons. The minimum absolute atomic E-state index is 0.127. The first-order valence-corrected chi connectivity index (χ1v) is 14.7. The molecule has 0 bridgehead atoms. The molecule has 0 spiro atoms. The number of rotatable bonds is 11. The van der Waals surface area contributed by atoms with Crippen LogP contribution in [0.2, 0.25) is 0 Å². The number of sulfonamides is 1. The summed E-state index contributed by atoms with van der Waals surface area (Å²) in [4.78, 5) is 28.4. The zero-order valence-corrected chi connectivity index (χ0v) is 24.4. The van der Waals surface area contributed by atoms with Gasteiger partial charge in [0.15, 0.2) is 0 Å². The predicted molar refractivity (Wildman–Crippen MR) is 151 cm³/mol. The van der Waals surface area contributed by atoms with E-state index in [1.165, 1.54) is 10.6 Å². The number of anilines is 1. The van der Waals surface area contributed by atoms with Crippen LogP contribution in [-0.4, -0.2) is 49.5 Å². The van der Waals surface area contributed by atoms with Crippen molar-refractivity contribution in [2.45, 2.75) is 85.9 Å². The molecule has 1 atom stereocenters. The van der Waals surface area contributed by atoms with Crippen LogP contribution in [0.4, 0.5) is 5.69 Å². The fourth-order valence-electron chi connectivity index (χ4n) is 4.33. The van der Waals surface area contributed by atoms with Crippen molar-refractivity contribution in [3.63, 3.8) is 0 Å². The van der Waals surface area contributed by atoms with Crippen LogP contribution in [0.3, 0.4) is 0 Å². The van der Waals surface area contributed by atoms with Gasteiger partial charge in [-0.3, -0.25) is 13.9 Å². The molecule has 2 aromatic rings. The van der Waals surface area contributed by atoms with Crippen LogP contribution in [0.5, 0.6) is 0 Å². The summed E-state index contributed by atoms with van der Waals surface area (Å²) in [7, 11) is -3.54. The van der Waals surface area contributed by atoms with E-state index in [-0.39, 0.29) is 24.8 Å². The Morgan fingerprint density at radius 1 is 0.973 bits per heavy atom. The quantitative estimate of drug-likeness (QED) is 0.449. The van der Waals surface area contributed by atoms with Gasteiger partial charge in [-0.1, -0.05) is 43.3 Å². The average Bonchev–Trinajstić information content (AvgIpc) is 2.78. The first kappa shape index (κ1) is 30.4. The lowest BCUT2D eigenvalue weighted by Crippen LogP contribution is -2.53. The van der Waals surface area contributed by atoms with Gasteiger partial charge in [0.2, 0.25) is 21.8 Å². The van der Waals surface area contributed by atoms with Crippen LogP contribution in [0.25, 0.3) is 0 Å². The Morgan fingerprint density at radius 2 is 1.59 bits per heavy atom. The van der Waals surface area contributed by atoms with Gasteiger partial charge in [-0.25, -0.2) is 8.42 Å². The lowest BCUT2D eigenvalue weighted by Gasteiger charge is -2.33. The Hall–Kier alpha value is -2.87. The molecular formula is C29H43N3O4S. The Labute approximate surface area is 223 Å². The van der Waals surface area contributed by atoms with Crippen molar-refractivity contribution < 1.29 is 18.0 Å². The molecule has 0 saturated carbocycles. The van der Waals surface area contributed by atoms with E-state index < -0.39 is 21.6 Å². The van der Waals surface area contributed by atoms with E-state index in [0.717, 1.165) is 22.3 Å². The highest BCUT2D eigenvalue weighted by molar-refractivity contribution is 7.92.